The fourth-order valence-corrected chi connectivity index (χ4v) is 7.75. The zero-order valence-corrected chi connectivity index (χ0v) is 18.1. The third-order valence-corrected chi connectivity index (χ3v) is 9.30. The number of hydrogen-bond acceptors (Lipinski definition) is 5. The van der Waals surface area contributed by atoms with E-state index in [4.69, 9.17) is 4.74 Å². The maximum absolute atomic E-state index is 12.9. The predicted octanol–water partition coefficient (Wildman–Crippen LogP) is 3.63. The summed E-state index contributed by atoms with van der Waals surface area (Å²) >= 11 is 0. The first-order chi connectivity index (χ1) is 13.5. The molecule has 0 unspecified atom stereocenters. The smallest absolute Gasteiger partial charge is 0.303 e. The van der Waals surface area contributed by atoms with Crippen LogP contribution in [0.15, 0.2) is 11.6 Å². The van der Waals surface area contributed by atoms with E-state index in [2.05, 4.69) is 20.8 Å². The highest BCUT2D eigenvalue weighted by atomic mass is 16.5. The molecule has 4 aliphatic carbocycles. The van der Waals surface area contributed by atoms with Crippen LogP contribution in [0.4, 0.5) is 0 Å². The van der Waals surface area contributed by atoms with Crippen molar-refractivity contribution in [3.05, 3.63) is 11.6 Å². The lowest BCUT2D eigenvalue weighted by Gasteiger charge is -2.60. The maximum Gasteiger partial charge on any atom is 0.303 e. The minimum absolute atomic E-state index is 0.0556. The molecule has 0 aromatic rings. The summed E-state index contributed by atoms with van der Waals surface area (Å²) < 4.78 is 4.94. The Labute approximate surface area is 173 Å². The number of Topliss-reactive ketones (excluding diaryl/α,β-unsaturated/α-hetero) is 1. The van der Waals surface area contributed by atoms with Crippen LogP contribution in [0, 0.1) is 34.5 Å². The fraction of sp³-hybridized carbons (Fsp3) is 0.792. The van der Waals surface area contributed by atoms with Crippen LogP contribution in [-0.4, -0.2) is 34.9 Å². The number of hydrogen-bond donors (Lipinski definition) is 1. The molecule has 4 rings (SSSR count). The van der Waals surface area contributed by atoms with E-state index in [9.17, 15) is 19.5 Å². The molecule has 0 aromatic heterocycles. The molecule has 0 spiro atoms. The summed E-state index contributed by atoms with van der Waals surface area (Å²) in [7, 11) is 0. The van der Waals surface area contributed by atoms with Crippen molar-refractivity contribution in [3.63, 3.8) is 0 Å². The highest BCUT2D eigenvalue weighted by Crippen LogP contribution is 2.68. The standard InChI is InChI=1S/C24H34O5/c1-14-11-17-18(22(3)8-5-16(26)12-20(14)22)6-9-23(4)19(17)7-10-24(23,28)21(27)13-29-15(2)25/h12,14,17-19,28H,5-11,13H2,1-4H3/t14-,17+,18-,19-,22+,23-,24-/m0/s1. The summed E-state index contributed by atoms with van der Waals surface area (Å²) in [5, 5.41) is 11.5. The quantitative estimate of drug-likeness (QED) is 0.729. The Morgan fingerprint density at radius 2 is 1.86 bits per heavy atom. The van der Waals surface area contributed by atoms with Crippen LogP contribution in [0.2, 0.25) is 0 Å². The molecule has 160 valence electrons. The van der Waals surface area contributed by atoms with Crippen molar-refractivity contribution >= 4 is 17.5 Å². The molecule has 0 aliphatic heterocycles. The molecule has 0 saturated heterocycles. The summed E-state index contributed by atoms with van der Waals surface area (Å²) in [4.78, 5) is 36.2. The number of ketones is 2. The van der Waals surface area contributed by atoms with E-state index >= 15 is 0 Å². The second-order valence-electron chi connectivity index (χ2n) is 10.6. The average molecular weight is 403 g/mol. The molecule has 0 amide bonds. The van der Waals surface area contributed by atoms with E-state index in [-0.39, 0.29) is 29.5 Å². The Bertz CT molecular complexity index is 784. The first-order valence-corrected chi connectivity index (χ1v) is 11.2. The molecular formula is C24H34O5. The van der Waals surface area contributed by atoms with E-state index in [0.717, 1.165) is 32.1 Å². The highest BCUT2D eigenvalue weighted by Gasteiger charge is 2.66. The maximum atomic E-state index is 12.9. The topological polar surface area (TPSA) is 80.7 Å². The van der Waals surface area contributed by atoms with Crippen molar-refractivity contribution in [1.29, 1.82) is 0 Å². The van der Waals surface area contributed by atoms with Gasteiger partial charge in [-0.25, -0.2) is 0 Å². The molecule has 3 saturated carbocycles. The zero-order valence-electron chi connectivity index (χ0n) is 18.1. The highest BCUT2D eigenvalue weighted by molar-refractivity contribution is 5.92. The lowest BCUT2D eigenvalue weighted by molar-refractivity contribution is -0.170. The van der Waals surface area contributed by atoms with E-state index < -0.39 is 17.0 Å². The van der Waals surface area contributed by atoms with Crippen LogP contribution in [0.25, 0.3) is 0 Å². The number of carbonyl (C=O) groups is 3. The summed E-state index contributed by atoms with van der Waals surface area (Å²) in [5.74, 6) is 1.01. The van der Waals surface area contributed by atoms with Gasteiger partial charge in [0, 0.05) is 18.8 Å². The predicted molar refractivity (Wildman–Crippen MR) is 108 cm³/mol. The van der Waals surface area contributed by atoms with Gasteiger partial charge in [0.15, 0.2) is 12.4 Å². The van der Waals surface area contributed by atoms with Crippen LogP contribution in [0.3, 0.4) is 0 Å². The Morgan fingerprint density at radius 1 is 1.17 bits per heavy atom. The van der Waals surface area contributed by atoms with Crippen LogP contribution < -0.4 is 0 Å². The van der Waals surface area contributed by atoms with Crippen molar-refractivity contribution in [2.75, 3.05) is 6.61 Å². The van der Waals surface area contributed by atoms with Gasteiger partial charge in [-0.3, -0.25) is 14.4 Å². The number of carbonyl (C=O) groups excluding carboxylic acids is 3. The number of fused-ring (bicyclic) bond motifs is 5. The minimum Gasteiger partial charge on any atom is -0.458 e. The Balaban J connectivity index is 1.64. The van der Waals surface area contributed by atoms with Gasteiger partial charge >= 0.3 is 5.97 Å². The van der Waals surface area contributed by atoms with E-state index in [1.807, 2.05) is 6.08 Å². The van der Waals surface area contributed by atoms with Gasteiger partial charge in [0.1, 0.15) is 5.60 Å². The van der Waals surface area contributed by atoms with Gasteiger partial charge in [-0.2, -0.15) is 0 Å². The van der Waals surface area contributed by atoms with Gasteiger partial charge in [-0.15, -0.1) is 0 Å². The third-order valence-electron chi connectivity index (χ3n) is 9.30. The molecular weight excluding hydrogens is 368 g/mol. The van der Waals surface area contributed by atoms with Crippen LogP contribution >= 0.6 is 0 Å². The lowest BCUT2D eigenvalue weighted by Crippen LogP contribution is -2.58. The third kappa shape index (κ3) is 2.87. The Kier molecular flexibility index (Phi) is 4.84. The summed E-state index contributed by atoms with van der Waals surface area (Å²) in [6.45, 7) is 7.60. The Morgan fingerprint density at radius 3 is 2.55 bits per heavy atom. The van der Waals surface area contributed by atoms with E-state index in [0.29, 0.717) is 30.6 Å². The second-order valence-corrected chi connectivity index (χ2v) is 10.6. The van der Waals surface area contributed by atoms with E-state index in [1.54, 1.807) is 0 Å². The van der Waals surface area contributed by atoms with Gasteiger partial charge in [-0.05, 0) is 73.7 Å². The largest absolute Gasteiger partial charge is 0.458 e. The zero-order chi connectivity index (χ0) is 21.2. The van der Waals surface area contributed by atoms with Crippen LogP contribution in [0.1, 0.15) is 72.6 Å². The molecule has 4 aliphatic rings. The summed E-state index contributed by atoms with van der Waals surface area (Å²) in [6.07, 6.45) is 7.54. The number of ether oxygens (including phenoxy) is 1. The van der Waals surface area contributed by atoms with Gasteiger partial charge in [-0.1, -0.05) is 26.3 Å². The van der Waals surface area contributed by atoms with Gasteiger partial charge in [0.05, 0.1) is 0 Å². The van der Waals surface area contributed by atoms with Crippen LogP contribution in [-0.2, 0) is 19.1 Å². The molecule has 5 nitrogen and oxygen atoms in total. The number of allylic oxidation sites excluding steroid dienone is 1. The first-order valence-electron chi connectivity index (χ1n) is 11.2. The molecule has 1 N–H and O–H groups in total. The molecule has 5 heteroatoms. The van der Waals surface area contributed by atoms with Gasteiger partial charge < -0.3 is 9.84 Å². The number of rotatable bonds is 3. The summed E-state index contributed by atoms with van der Waals surface area (Å²) in [6, 6.07) is 0. The summed E-state index contributed by atoms with van der Waals surface area (Å²) in [5.41, 5.74) is -0.508. The van der Waals surface area contributed by atoms with Crippen molar-refractivity contribution in [1.82, 2.24) is 0 Å². The second kappa shape index (κ2) is 6.76. The normalized spacial score (nSPS) is 46.2. The molecule has 0 aromatic carbocycles. The Hall–Kier alpha value is -1.49. The molecule has 0 radical (unpaired) electrons. The van der Waals surface area contributed by atoms with Crippen molar-refractivity contribution < 1.29 is 24.2 Å². The van der Waals surface area contributed by atoms with Crippen molar-refractivity contribution in [2.45, 2.75) is 78.2 Å². The SMILES string of the molecule is CC(=O)OCC(=O)[C@@]1(O)CC[C@H]2[C@@H]3C[C@H](C)C4=CC(=O)CC[C@]4(C)[C@H]3CC[C@@]21C. The van der Waals surface area contributed by atoms with Crippen molar-refractivity contribution in [2.24, 2.45) is 34.5 Å². The van der Waals surface area contributed by atoms with Gasteiger partial charge in [0.2, 0.25) is 5.78 Å². The molecule has 29 heavy (non-hydrogen) atoms. The van der Waals surface area contributed by atoms with Gasteiger partial charge in [0.25, 0.3) is 0 Å². The lowest BCUT2D eigenvalue weighted by atomic mass is 9.44. The van der Waals surface area contributed by atoms with Crippen LogP contribution in [0.5, 0.6) is 0 Å². The first kappa shape index (κ1) is 20.8. The average Bonchev–Trinajstić information content (AvgIpc) is 2.94. The monoisotopic (exact) mass is 402 g/mol. The number of esters is 1. The van der Waals surface area contributed by atoms with Crippen molar-refractivity contribution in [3.8, 4) is 0 Å². The minimum atomic E-state index is -1.42. The van der Waals surface area contributed by atoms with E-state index in [1.165, 1.54) is 12.5 Å². The molecule has 7 atom stereocenters. The molecule has 0 heterocycles. The molecule has 0 bridgehead atoms. The molecule has 3 fully saturated rings. The fourth-order valence-electron chi connectivity index (χ4n) is 7.75. The number of aliphatic hydroxyl groups is 1.